The number of nitrogens with one attached hydrogen (secondary N) is 2. The molecule has 0 aliphatic heterocycles. The first-order chi connectivity index (χ1) is 15.8. The Morgan fingerprint density at radius 3 is 2.53 bits per heavy atom. The maximum atomic E-state index is 12.6. The van der Waals surface area contributed by atoms with Crippen molar-refractivity contribution in [2.75, 3.05) is 11.9 Å². The van der Waals surface area contributed by atoms with Gasteiger partial charge in [-0.1, -0.05) is 62.4 Å². The Balaban J connectivity index is 1.30. The number of anilines is 2. The molecule has 32 heavy (non-hydrogen) atoms. The molecule has 2 aromatic carbocycles. The molecule has 4 heteroatoms. The second kappa shape index (κ2) is 11.3. The van der Waals surface area contributed by atoms with Crippen molar-refractivity contribution in [2.24, 2.45) is 5.92 Å². The van der Waals surface area contributed by atoms with Gasteiger partial charge >= 0.3 is 0 Å². The summed E-state index contributed by atoms with van der Waals surface area (Å²) in [6.45, 7) is 0.759. The Kier molecular flexibility index (Phi) is 7.69. The molecule has 4 rings (SSSR count). The molecular weight excluding hydrogens is 394 g/mol. The summed E-state index contributed by atoms with van der Waals surface area (Å²) in [5.74, 6) is 0.776. The van der Waals surface area contributed by atoms with E-state index in [1.54, 1.807) is 6.20 Å². The summed E-state index contributed by atoms with van der Waals surface area (Å²) < 4.78 is 0. The summed E-state index contributed by atoms with van der Waals surface area (Å²) >= 11 is 0. The molecule has 0 spiro atoms. The molecule has 0 unspecified atom stereocenters. The molecule has 0 saturated heterocycles. The number of aromatic nitrogens is 1. The molecule has 0 atom stereocenters. The average Bonchev–Trinajstić information content (AvgIpc) is 2.85. The van der Waals surface area contributed by atoms with Gasteiger partial charge in [-0.05, 0) is 66.4 Å². The van der Waals surface area contributed by atoms with Gasteiger partial charge in [-0.3, -0.25) is 9.78 Å². The largest absolute Gasteiger partial charge is 0.356 e. The highest BCUT2D eigenvalue weighted by atomic mass is 16.1. The van der Waals surface area contributed by atoms with E-state index in [0.717, 1.165) is 41.5 Å². The van der Waals surface area contributed by atoms with Crippen LogP contribution in [0.25, 0.3) is 12.2 Å². The first-order valence-corrected chi connectivity index (χ1v) is 11.6. The Hall–Kier alpha value is -3.40. The van der Waals surface area contributed by atoms with Crippen LogP contribution in [0.2, 0.25) is 0 Å². The normalized spacial score (nSPS) is 14.4. The van der Waals surface area contributed by atoms with Crippen molar-refractivity contribution in [1.82, 2.24) is 10.3 Å². The molecule has 4 nitrogen and oxygen atoms in total. The van der Waals surface area contributed by atoms with Crippen molar-refractivity contribution in [3.8, 4) is 0 Å². The number of amides is 1. The summed E-state index contributed by atoms with van der Waals surface area (Å²) in [7, 11) is 0. The molecule has 1 aliphatic carbocycles. The van der Waals surface area contributed by atoms with E-state index >= 15 is 0 Å². The van der Waals surface area contributed by atoms with Crippen molar-refractivity contribution in [1.29, 1.82) is 0 Å². The van der Waals surface area contributed by atoms with Crippen LogP contribution in [-0.4, -0.2) is 17.4 Å². The van der Waals surface area contributed by atoms with Crippen LogP contribution in [0.4, 0.5) is 11.4 Å². The third-order valence-electron chi connectivity index (χ3n) is 6.02. The van der Waals surface area contributed by atoms with Crippen LogP contribution in [0, 0.1) is 5.92 Å². The van der Waals surface area contributed by atoms with Crippen LogP contribution in [0.5, 0.6) is 0 Å². The zero-order chi connectivity index (χ0) is 22.0. The Labute approximate surface area is 190 Å². The van der Waals surface area contributed by atoms with Gasteiger partial charge in [-0.25, -0.2) is 0 Å². The van der Waals surface area contributed by atoms with Crippen LogP contribution < -0.4 is 10.6 Å². The minimum Gasteiger partial charge on any atom is -0.356 e. The molecule has 0 radical (unpaired) electrons. The molecule has 0 bridgehead atoms. The van der Waals surface area contributed by atoms with Crippen LogP contribution in [-0.2, 0) is 0 Å². The van der Waals surface area contributed by atoms with Gasteiger partial charge in [0.1, 0.15) is 0 Å². The fraction of sp³-hybridized carbons (Fsp3) is 0.286. The van der Waals surface area contributed by atoms with Crippen LogP contribution in [0.3, 0.4) is 0 Å². The number of carbonyl (C=O) groups is 1. The minimum atomic E-state index is -0.000494. The van der Waals surface area contributed by atoms with E-state index in [-0.39, 0.29) is 5.91 Å². The monoisotopic (exact) mass is 425 g/mol. The maximum absolute atomic E-state index is 12.6. The summed E-state index contributed by atoms with van der Waals surface area (Å²) in [6.07, 6.45) is 13.6. The van der Waals surface area contributed by atoms with E-state index in [1.807, 2.05) is 66.7 Å². The van der Waals surface area contributed by atoms with Crippen molar-refractivity contribution >= 4 is 29.4 Å². The average molecular weight is 426 g/mol. The quantitative estimate of drug-likeness (QED) is 0.422. The van der Waals surface area contributed by atoms with Crippen molar-refractivity contribution in [2.45, 2.75) is 38.5 Å². The molecule has 1 aromatic heterocycles. The molecule has 1 amide bonds. The highest BCUT2D eigenvalue weighted by Gasteiger charge is 2.13. The van der Waals surface area contributed by atoms with Crippen molar-refractivity contribution < 1.29 is 4.79 Å². The molecule has 1 fully saturated rings. The highest BCUT2D eigenvalue weighted by Crippen LogP contribution is 2.26. The van der Waals surface area contributed by atoms with Crippen LogP contribution in [0.15, 0.2) is 72.9 Å². The topological polar surface area (TPSA) is 54.0 Å². The van der Waals surface area contributed by atoms with Gasteiger partial charge in [0.05, 0.1) is 5.69 Å². The van der Waals surface area contributed by atoms with Crippen molar-refractivity contribution in [3.63, 3.8) is 0 Å². The first kappa shape index (κ1) is 21.8. The molecule has 1 aliphatic rings. The summed E-state index contributed by atoms with van der Waals surface area (Å²) in [4.78, 5) is 16.9. The number of hydrogen-bond donors (Lipinski definition) is 2. The zero-order valence-electron chi connectivity index (χ0n) is 18.5. The lowest BCUT2D eigenvalue weighted by atomic mass is 9.87. The van der Waals surface area contributed by atoms with Gasteiger partial charge in [0.15, 0.2) is 0 Å². The van der Waals surface area contributed by atoms with Gasteiger partial charge in [-0.15, -0.1) is 0 Å². The fourth-order valence-corrected chi connectivity index (χ4v) is 4.21. The van der Waals surface area contributed by atoms with Crippen molar-refractivity contribution in [3.05, 3.63) is 89.7 Å². The zero-order valence-corrected chi connectivity index (χ0v) is 18.5. The molecule has 164 valence electrons. The number of rotatable bonds is 8. The van der Waals surface area contributed by atoms with E-state index in [4.69, 9.17) is 0 Å². The Bertz CT molecular complexity index is 1020. The highest BCUT2D eigenvalue weighted by molar-refractivity contribution is 5.95. The maximum Gasteiger partial charge on any atom is 0.251 e. The lowest BCUT2D eigenvalue weighted by molar-refractivity contribution is 0.0950. The standard InChI is InChI=1S/C28H31N3O/c32-28(30-20-18-22-7-2-1-3-8-22)24-9-6-11-27(21-24)31-26-16-13-23(14-17-26)12-15-25-10-4-5-19-29-25/h4-6,9-17,19,21-22,31H,1-3,7-8,18,20H2,(H,30,32)/b15-12+. The van der Waals surface area contributed by atoms with Gasteiger partial charge < -0.3 is 10.6 Å². The van der Waals surface area contributed by atoms with E-state index in [2.05, 4.69) is 27.8 Å². The Morgan fingerprint density at radius 1 is 0.906 bits per heavy atom. The van der Waals surface area contributed by atoms with Gasteiger partial charge in [0, 0.05) is 29.7 Å². The second-order valence-electron chi connectivity index (χ2n) is 8.46. The van der Waals surface area contributed by atoms with E-state index in [9.17, 15) is 4.79 Å². The third kappa shape index (κ3) is 6.55. The fourth-order valence-electron chi connectivity index (χ4n) is 4.21. The molecular formula is C28H31N3O. The van der Waals surface area contributed by atoms with E-state index in [0.29, 0.717) is 5.56 Å². The second-order valence-corrected chi connectivity index (χ2v) is 8.46. The van der Waals surface area contributed by atoms with E-state index in [1.165, 1.54) is 32.1 Å². The number of carbonyl (C=O) groups excluding carboxylic acids is 1. The van der Waals surface area contributed by atoms with Gasteiger partial charge in [0.2, 0.25) is 0 Å². The molecule has 3 aromatic rings. The van der Waals surface area contributed by atoms with Crippen LogP contribution >= 0.6 is 0 Å². The first-order valence-electron chi connectivity index (χ1n) is 11.6. The SMILES string of the molecule is O=C(NCCC1CCCCC1)c1cccc(Nc2ccc(/C=C/c3ccccn3)cc2)c1. The van der Waals surface area contributed by atoms with Crippen LogP contribution in [0.1, 0.15) is 60.1 Å². The predicted molar refractivity (Wildman–Crippen MR) is 133 cm³/mol. The molecule has 1 heterocycles. The number of hydrogen-bond acceptors (Lipinski definition) is 3. The van der Waals surface area contributed by atoms with Gasteiger partial charge in [-0.2, -0.15) is 0 Å². The number of nitrogens with zero attached hydrogens (tertiary/aromatic N) is 1. The Morgan fingerprint density at radius 2 is 1.75 bits per heavy atom. The summed E-state index contributed by atoms with van der Waals surface area (Å²) in [5.41, 5.74) is 4.61. The summed E-state index contributed by atoms with van der Waals surface area (Å²) in [6, 6.07) is 21.7. The van der Waals surface area contributed by atoms with Gasteiger partial charge in [0.25, 0.3) is 5.91 Å². The minimum absolute atomic E-state index is 0.000494. The van der Waals surface area contributed by atoms with E-state index < -0.39 is 0 Å². The lowest BCUT2D eigenvalue weighted by Gasteiger charge is -2.21. The molecule has 2 N–H and O–H groups in total. The number of benzene rings is 2. The third-order valence-corrected chi connectivity index (χ3v) is 6.02. The summed E-state index contributed by atoms with van der Waals surface area (Å²) in [5, 5.41) is 6.48. The number of pyridine rings is 1. The predicted octanol–water partition coefficient (Wildman–Crippen LogP) is 6.70. The molecule has 1 saturated carbocycles. The smallest absolute Gasteiger partial charge is 0.251 e. The lowest BCUT2D eigenvalue weighted by Crippen LogP contribution is -2.26.